The molecule has 3 N–H and O–H groups in total. The van der Waals surface area contributed by atoms with Crippen LogP contribution in [0.15, 0.2) is 21.7 Å². The van der Waals surface area contributed by atoms with Gasteiger partial charge >= 0.3 is 0 Å². The lowest BCUT2D eigenvalue weighted by molar-refractivity contribution is -0.133. The Morgan fingerprint density at radius 1 is 1.47 bits per heavy atom. The van der Waals surface area contributed by atoms with Gasteiger partial charge in [-0.05, 0) is 24.3 Å². The van der Waals surface area contributed by atoms with Crippen molar-refractivity contribution in [3.63, 3.8) is 0 Å². The van der Waals surface area contributed by atoms with Crippen LogP contribution in [0.2, 0.25) is 0 Å². The van der Waals surface area contributed by atoms with Crippen molar-refractivity contribution < 1.29 is 9.59 Å². The maximum absolute atomic E-state index is 12.0. The summed E-state index contributed by atoms with van der Waals surface area (Å²) in [7, 11) is 0. The molecule has 1 aromatic heterocycles. The van der Waals surface area contributed by atoms with Crippen molar-refractivity contribution in [2.24, 2.45) is 11.8 Å². The van der Waals surface area contributed by atoms with E-state index in [9.17, 15) is 9.59 Å². The summed E-state index contributed by atoms with van der Waals surface area (Å²) in [4.78, 5) is 25.2. The minimum absolute atomic E-state index is 0.0565. The number of nitrogens with two attached hydrogens (primary N) is 1. The maximum Gasteiger partial charge on any atom is 0.237 e. The number of hydrogen-bond acceptors (Lipinski definition) is 5. The van der Waals surface area contributed by atoms with Gasteiger partial charge in [-0.1, -0.05) is 6.07 Å². The highest BCUT2D eigenvalue weighted by Gasteiger charge is 2.26. The van der Waals surface area contributed by atoms with Crippen LogP contribution in [0.25, 0.3) is 0 Å². The third-order valence-electron chi connectivity index (χ3n) is 3.19. The summed E-state index contributed by atoms with van der Waals surface area (Å²) in [6.45, 7) is 1.28. The number of likely N-dealkylation sites (tertiary alicyclic amines) is 1. The highest BCUT2D eigenvalue weighted by atomic mass is 32.2. The quantitative estimate of drug-likeness (QED) is 0.377. The first-order valence-electron chi connectivity index (χ1n) is 6.15. The molecular weight excluding hydrogens is 282 g/mol. The second kappa shape index (κ2) is 6.93. The number of rotatable bonds is 4. The fourth-order valence-electron chi connectivity index (χ4n) is 2.08. The highest BCUT2D eigenvalue weighted by molar-refractivity contribution is 8.01. The van der Waals surface area contributed by atoms with Gasteiger partial charge in [-0.3, -0.25) is 15.0 Å². The first kappa shape index (κ1) is 14.4. The zero-order valence-electron chi connectivity index (χ0n) is 10.5. The number of piperidine rings is 1. The molecule has 5 nitrogen and oxygen atoms in total. The van der Waals surface area contributed by atoms with Gasteiger partial charge in [0.25, 0.3) is 0 Å². The molecular formula is C12H17N3O2S2. The van der Waals surface area contributed by atoms with Gasteiger partial charge in [0.1, 0.15) is 0 Å². The monoisotopic (exact) mass is 299 g/mol. The van der Waals surface area contributed by atoms with E-state index in [1.165, 1.54) is 0 Å². The van der Waals surface area contributed by atoms with Crippen LogP contribution in [0.4, 0.5) is 0 Å². The summed E-state index contributed by atoms with van der Waals surface area (Å²) in [5.41, 5.74) is 2.18. The van der Waals surface area contributed by atoms with Crippen LogP contribution in [0, 0.1) is 5.92 Å². The van der Waals surface area contributed by atoms with Crippen LogP contribution >= 0.6 is 23.1 Å². The standard InChI is InChI=1S/C12H17N3O2S2/c13-14-12(17)9-3-5-15(6-4-9)10(16)8-19-11-2-1-7-18-11/h1-2,7,9H,3-6,8,13H2,(H,14,17). The maximum atomic E-state index is 12.0. The largest absolute Gasteiger partial charge is 0.342 e. The molecule has 104 valence electrons. The minimum atomic E-state index is -0.125. The fraction of sp³-hybridized carbons (Fsp3) is 0.500. The Hall–Kier alpha value is -1.05. The van der Waals surface area contributed by atoms with Gasteiger partial charge < -0.3 is 4.90 Å². The third-order valence-corrected chi connectivity index (χ3v) is 5.31. The second-order valence-corrected chi connectivity index (χ2v) is 6.61. The Morgan fingerprint density at radius 2 is 2.21 bits per heavy atom. The molecule has 0 saturated carbocycles. The topological polar surface area (TPSA) is 75.4 Å². The minimum Gasteiger partial charge on any atom is -0.342 e. The smallest absolute Gasteiger partial charge is 0.237 e. The number of hydrazine groups is 1. The lowest BCUT2D eigenvalue weighted by Crippen LogP contribution is -2.45. The second-order valence-electron chi connectivity index (χ2n) is 4.38. The van der Waals surface area contributed by atoms with E-state index >= 15 is 0 Å². The predicted molar refractivity (Wildman–Crippen MR) is 76.7 cm³/mol. The molecule has 2 amide bonds. The molecule has 0 spiro atoms. The summed E-state index contributed by atoms with van der Waals surface area (Å²) >= 11 is 3.21. The number of nitrogens with zero attached hydrogens (tertiary/aromatic N) is 1. The molecule has 1 saturated heterocycles. The van der Waals surface area contributed by atoms with E-state index in [-0.39, 0.29) is 17.7 Å². The molecule has 0 radical (unpaired) electrons. The van der Waals surface area contributed by atoms with E-state index in [0.29, 0.717) is 31.7 Å². The van der Waals surface area contributed by atoms with Crippen LogP contribution < -0.4 is 11.3 Å². The van der Waals surface area contributed by atoms with E-state index in [4.69, 9.17) is 5.84 Å². The van der Waals surface area contributed by atoms with Crippen LogP contribution in [0.1, 0.15) is 12.8 Å². The Morgan fingerprint density at radius 3 is 2.79 bits per heavy atom. The van der Waals surface area contributed by atoms with Crippen LogP contribution in [0.3, 0.4) is 0 Å². The van der Waals surface area contributed by atoms with Gasteiger partial charge in [0.15, 0.2) is 0 Å². The molecule has 2 heterocycles. The van der Waals surface area contributed by atoms with Gasteiger partial charge in [-0.25, -0.2) is 5.84 Å². The fourth-order valence-corrected chi connectivity index (χ4v) is 3.77. The summed E-state index contributed by atoms with van der Waals surface area (Å²) < 4.78 is 1.16. The molecule has 19 heavy (non-hydrogen) atoms. The average Bonchev–Trinajstić information content (AvgIpc) is 2.97. The third kappa shape index (κ3) is 3.95. The van der Waals surface area contributed by atoms with E-state index in [1.807, 2.05) is 22.4 Å². The number of carbonyl (C=O) groups is 2. The number of amides is 2. The SMILES string of the molecule is NNC(=O)C1CCN(C(=O)CSc2cccs2)CC1. The van der Waals surface area contributed by atoms with E-state index in [2.05, 4.69) is 5.43 Å². The Kier molecular flexibility index (Phi) is 5.24. The van der Waals surface area contributed by atoms with E-state index in [0.717, 1.165) is 4.21 Å². The Bertz CT molecular complexity index is 428. The Balaban J connectivity index is 1.74. The van der Waals surface area contributed by atoms with Crippen molar-refractivity contribution in [3.05, 3.63) is 17.5 Å². The first-order chi connectivity index (χ1) is 9.20. The first-order valence-corrected chi connectivity index (χ1v) is 8.01. The number of hydrogen-bond donors (Lipinski definition) is 2. The highest BCUT2D eigenvalue weighted by Crippen LogP contribution is 2.24. The average molecular weight is 299 g/mol. The van der Waals surface area contributed by atoms with E-state index in [1.54, 1.807) is 23.1 Å². The van der Waals surface area contributed by atoms with Crippen molar-refractivity contribution in [1.82, 2.24) is 10.3 Å². The Labute approximate surface area is 120 Å². The summed E-state index contributed by atoms with van der Waals surface area (Å²) in [5, 5.41) is 2.00. The van der Waals surface area contributed by atoms with Gasteiger partial charge in [0.05, 0.1) is 9.96 Å². The number of thioether (sulfide) groups is 1. The molecule has 0 aromatic carbocycles. The van der Waals surface area contributed by atoms with Crippen LogP contribution in [0.5, 0.6) is 0 Å². The molecule has 1 aromatic rings. The van der Waals surface area contributed by atoms with Crippen molar-refractivity contribution in [2.45, 2.75) is 17.1 Å². The predicted octanol–water partition coefficient (Wildman–Crippen LogP) is 1.07. The molecule has 1 aliphatic heterocycles. The lowest BCUT2D eigenvalue weighted by atomic mass is 9.96. The molecule has 0 unspecified atom stereocenters. The number of thiophene rings is 1. The summed E-state index contributed by atoms with van der Waals surface area (Å²) in [6.07, 6.45) is 1.39. The van der Waals surface area contributed by atoms with Crippen molar-refractivity contribution in [1.29, 1.82) is 0 Å². The normalized spacial score (nSPS) is 16.4. The van der Waals surface area contributed by atoms with Crippen molar-refractivity contribution in [3.8, 4) is 0 Å². The van der Waals surface area contributed by atoms with Crippen molar-refractivity contribution >= 4 is 34.9 Å². The van der Waals surface area contributed by atoms with E-state index < -0.39 is 0 Å². The van der Waals surface area contributed by atoms with Crippen molar-refractivity contribution in [2.75, 3.05) is 18.8 Å². The summed E-state index contributed by atoms with van der Waals surface area (Å²) in [6, 6.07) is 3.99. The lowest BCUT2D eigenvalue weighted by Gasteiger charge is -2.30. The number of nitrogens with one attached hydrogen (secondary N) is 1. The van der Waals surface area contributed by atoms with Crippen LogP contribution in [-0.2, 0) is 9.59 Å². The van der Waals surface area contributed by atoms with Gasteiger partial charge in [0.2, 0.25) is 11.8 Å². The summed E-state index contributed by atoms with van der Waals surface area (Å²) in [5.74, 6) is 5.55. The van der Waals surface area contributed by atoms with Gasteiger partial charge in [-0.2, -0.15) is 0 Å². The van der Waals surface area contributed by atoms with Gasteiger partial charge in [-0.15, -0.1) is 23.1 Å². The number of carbonyl (C=O) groups excluding carboxylic acids is 2. The zero-order chi connectivity index (χ0) is 13.7. The van der Waals surface area contributed by atoms with Crippen LogP contribution in [-0.4, -0.2) is 35.6 Å². The molecule has 0 aliphatic carbocycles. The zero-order valence-corrected chi connectivity index (χ0v) is 12.1. The molecule has 0 bridgehead atoms. The molecule has 1 fully saturated rings. The van der Waals surface area contributed by atoms with Gasteiger partial charge in [0, 0.05) is 19.0 Å². The molecule has 1 aliphatic rings. The molecule has 2 rings (SSSR count). The molecule has 7 heteroatoms. The molecule has 0 atom stereocenters.